The lowest BCUT2D eigenvalue weighted by molar-refractivity contribution is 0.663. The van der Waals surface area contributed by atoms with E-state index in [0.717, 1.165) is 71.7 Å². The van der Waals surface area contributed by atoms with Gasteiger partial charge in [0.2, 0.25) is 0 Å². The van der Waals surface area contributed by atoms with Crippen molar-refractivity contribution in [3.8, 4) is 29.0 Å². The van der Waals surface area contributed by atoms with Crippen molar-refractivity contribution in [3.63, 3.8) is 0 Å². The van der Waals surface area contributed by atoms with Crippen molar-refractivity contribution in [2.75, 3.05) is 0 Å². The van der Waals surface area contributed by atoms with Gasteiger partial charge in [-0.2, -0.15) is 10.5 Å². The van der Waals surface area contributed by atoms with Gasteiger partial charge < -0.3 is 13.4 Å². The Labute approximate surface area is 244 Å². The molecule has 3 heterocycles. The zero-order valence-corrected chi connectivity index (χ0v) is 22.6. The molecule has 0 saturated carbocycles. The second-order valence-corrected chi connectivity index (χ2v) is 10.8. The van der Waals surface area contributed by atoms with Gasteiger partial charge in [-0.25, -0.2) is 0 Å². The SMILES string of the molecule is N#Cc1ccc(-n2c3ccccc3c3ccccc32)c(-c2ccc3oc4ccc5oc6ccc(C#N)cc6c5c4c3c2)c1. The van der Waals surface area contributed by atoms with Gasteiger partial charge in [-0.1, -0.05) is 42.5 Å². The zero-order chi connectivity index (χ0) is 28.7. The summed E-state index contributed by atoms with van der Waals surface area (Å²) < 4.78 is 14.8. The van der Waals surface area contributed by atoms with Gasteiger partial charge in [-0.15, -0.1) is 0 Å². The van der Waals surface area contributed by atoms with Gasteiger partial charge in [0.1, 0.15) is 22.3 Å². The molecule has 9 rings (SSSR count). The highest BCUT2D eigenvalue weighted by atomic mass is 16.3. The average molecular weight is 550 g/mol. The standard InChI is InChI=1S/C38H19N3O2/c39-20-22-9-12-32(41-30-7-3-1-5-25(30)26-6-2-4-8-31(26)41)27(17-22)24-11-14-34-29(19-24)38-36(43-34)16-15-35-37(38)28-18-23(21-40)10-13-33(28)42-35/h1-19H. The molecule has 0 bridgehead atoms. The van der Waals surface area contributed by atoms with Crippen LogP contribution in [-0.4, -0.2) is 4.57 Å². The number of rotatable bonds is 2. The Morgan fingerprint density at radius 1 is 0.488 bits per heavy atom. The van der Waals surface area contributed by atoms with Crippen LogP contribution in [0.1, 0.15) is 11.1 Å². The molecule has 0 aliphatic heterocycles. The Kier molecular flexibility index (Phi) is 4.68. The monoisotopic (exact) mass is 549 g/mol. The molecule has 3 aromatic heterocycles. The van der Waals surface area contributed by atoms with Crippen molar-refractivity contribution < 1.29 is 8.83 Å². The van der Waals surface area contributed by atoms with Crippen molar-refractivity contribution in [2.24, 2.45) is 0 Å². The third-order valence-corrected chi connectivity index (χ3v) is 8.45. The summed E-state index contributed by atoms with van der Waals surface area (Å²) in [5, 5.41) is 25.5. The molecule has 5 nitrogen and oxygen atoms in total. The van der Waals surface area contributed by atoms with Crippen molar-refractivity contribution in [1.29, 1.82) is 10.5 Å². The Balaban J connectivity index is 1.37. The second-order valence-electron chi connectivity index (χ2n) is 10.8. The van der Waals surface area contributed by atoms with Crippen LogP contribution in [-0.2, 0) is 0 Å². The summed E-state index contributed by atoms with van der Waals surface area (Å²) >= 11 is 0. The highest BCUT2D eigenvalue weighted by molar-refractivity contribution is 6.26. The minimum absolute atomic E-state index is 0.574. The largest absolute Gasteiger partial charge is 0.456 e. The molecule has 5 heteroatoms. The van der Waals surface area contributed by atoms with Gasteiger partial charge in [-0.3, -0.25) is 0 Å². The molecule has 0 fully saturated rings. The van der Waals surface area contributed by atoms with E-state index < -0.39 is 0 Å². The van der Waals surface area contributed by atoms with E-state index in [2.05, 4.69) is 77.4 Å². The van der Waals surface area contributed by atoms with E-state index in [1.165, 1.54) is 10.8 Å². The van der Waals surface area contributed by atoms with Gasteiger partial charge in [0.05, 0.1) is 40.0 Å². The Morgan fingerprint density at radius 3 is 1.67 bits per heavy atom. The van der Waals surface area contributed by atoms with E-state index in [-0.39, 0.29) is 0 Å². The number of hydrogen-bond donors (Lipinski definition) is 0. The zero-order valence-electron chi connectivity index (χ0n) is 22.6. The molecule has 0 atom stereocenters. The third-order valence-electron chi connectivity index (χ3n) is 8.45. The number of fused-ring (bicyclic) bond motifs is 10. The minimum Gasteiger partial charge on any atom is -0.456 e. The fourth-order valence-corrected chi connectivity index (χ4v) is 6.59. The lowest BCUT2D eigenvalue weighted by atomic mass is 9.97. The Hall–Kier alpha value is -6.30. The van der Waals surface area contributed by atoms with Gasteiger partial charge in [0, 0.05) is 37.9 Å². The van der Waals surface area contributed by atoms with Gasteiger partial charge in [0.15, 0.2) is 0 Å². The fraction of sp³-hybridized carbons (Fsp3) is 0. The number of nitriles is 2. The number of nitrogens with zero attached hydrogens (tertiary/aromatic N) is 3. The Morgan fingerprint density at radius 2 is 1.02 bits per heavy atom. The maximum Gasteiger partial charge on any atom is 0.136 e. The molecule has 198 valence electrons. The second kappa shape index (κ2) is 8.60. The van der Waals surface area contributed by atoms with Crippen molar-refractivity contribution in [3.05, 3.63) is 126 Å². The molecule has 0 spiro atoms. The van der Waals surface area contributed by atoms with E-state index in [4.69, 9.17) is 8.83 Å². The molecule has 0 N–H and O–H groups in total. The summed E-state index contributed by atoms with van der Waals surface area (Å²) in [5.41, 5.74) is 9.23. The van der Waals surface area contributed by atoms with Crippen LogP contribution < -0.4 is 0 Å². The third kappa shape index (κ3) is 3.25. The van der Waals surface area contributed by atoms with Crippen molar-refractivity contribution in [1.82, 2.24) is 4.57 Å². The fourth-order valence-electron chi connectivity index (χ4n) is 6.59. The molecule has 0 saturated heterocycles. The number of para-hydroxylation sites is 2. The van der Waals surface area contributed by atoms with E-state index in [9.17, 15) is 10.5 Å². The van der Waals surface area contributed by atoms with Crippen LogP contribution >= 0.6 is 0 Å². The molecule has 9 aromatic rings. The predicted molar refractivity (Wildman–Crippen MR) is 170 cm³/mol. The topological polar surface area (TPSA) is 78.8 Å². The van der Waals surface area contributed by atoms with Crippen LogP contribution in [0.15, 0.2) is 124 Å². The lowest BCUT2D eigenvalue weighted by Gasteiger charge is -2.14. The number of hydrogen-bond acceptors (Lipinski definition) is 4. The van der Waals surface area contributed by atoms with Crippen LogP contribution in [0.25, 0.3) is 82.5 Å². The van der Waals surface area contributed by atoms with E-state index in [0.29, 0.717) is 11.1 Å². The summed E-state index contributed by atoms with van der Waals surface area (Å²) in [5.74, 6) is 0. The van der Waals surface area contributed by atoms with E-state index >= 15 is 0 Å². The van der Waals surface area contributed by atoms with Crippen LogP contribution in [0, 0.1) is 22.7 Å². The van der Waals surface area contributed by atoms with Crippen LogP contribution in [0.2, 0.25) is 0 Å². The molecule has 0 aliphatic rings. The number of aromatic nitrogens is 1. The first-order valence-electron chi connectivity index (χ1n) is 14.0. The first-order chi connectivity index (χ1) is 21.2. The molecule has 6 aromatic carbocycles. The molecule has 0 radical (unpaired) electrons. The summed E-state index contributed by atoms with van der Waals surface area (Å²) in [6, 6.07) is 42.8. The molecule has 43 heavy (non-hydrogen) atoms. The van der Waals surface area contributed by atoms with Gasteiger partial charge in [0.25, 0.3) is 0 Å². The van der Waals surface area contributed by atoms with E-state index in [1.54, 1.807) is 6.07 Å². The molecule has 0 amide bonds. The summed E-state index contributed by atoms with van der Waals surface area (Å²) in [6.45, 7) is 0. The van der Waals surface area contributed by atoms with Crippen LogP contribution in [0.4, 0.5) is 0 Å². The molecular formula is C38H19N3O2. The van der Waals surface area contributed by atoms with Crippen molar-refractivity contribution in [2.45, 2.75) is 0 Å². The molecule has 0 aliphatic carbocycles. The highest BCUT2D eigenvalue weighted by Gasteiger charge is 2.20. The van der Waals surface area contributed by atoms with Gasteiger partial charge in [-0.05, 0) is 78.4 Å². The summed E-state index contributed by atoms with van der Waals surface area (Å²) in [4.78, 5) is 0. The quantitative estimate of drug-likeness (QED) is 0.215. The predicted octanol–water partition coefficient (Wildman–Crippen LogP) is 9.99. The lowest BCUT2D eigenvalue weighted by Crippen LogP contribution is -1.98. The first kappa shape index (κ1) is 23.4. The molecular weight excluding hydrogens is 530 g/mol. The van der Waals surface area contributed by atoms with Crippen molar-refractivity contribution >= 4 is 65.7 Å². The maximum atomic E-state index is 9.89. The maximum absolute atomic E-state index is 9.89. The Bertz CT molecular complexity index is 2650. The summed E-state index contributed by atoms with van der Waals surface area (Å²) in [7, 11) is 0. The van der Waals surface area contributed by atoms with Gasteiger partial charge >= 0.3 is 0 Å². The minimum atomic E-state index is 0.574. The molecule has 0 unspecified atom stereocenters. The van der Waals surface area contributed by atoms with Crippen LogP contribution in [0.3, 0.4) is 0 Å². The smallest absolute Gasteiger partial charge is 0.136 e. The average Bonchev–Trinajstić information content (AvgIpc) is 3.73. The number of furan rings is 2. The van der Waals surface area contributed by atoms with E-state index in [1.807, 2.05) is 48.5 Å². The first-order valence-corrected chi connectivity index (χ1v) is 14.0. The highest BCUT2D eigenvalue weighted by Crippen LogP contribution is 2.42. The van der Waals surface area contributed by atoms with Crippen LogP contribution in [0.5, 0.6) is 0 Å². The normalized spacial score (nSPS) is 11.7. The summed E-state index contributed by atoms with van der Waals surface area (Å²) in [6.07, 6.45) is 0. The number of benzene rings is 6.